The lowest BCUT2D eigenvalue weighted by Crippen LogP contribution is -2.54. The van der Waals surface area contributed by atoms with Crippen molar-refractivity contribution < 1.29 is 24.0 Å². The molecule has 1 unspecified atom stereocenters. The van der Waals surface area contributed by atoms with Gasteiger partial charge in [-0.3, -0.25) is 44.0 Å². The molecule has 0 bridgehead atoms. The molecule has 0 radical (unpaired) electrons. The summed E-state index contributed by atoms with van der Waals surface area (Å²) in [7, 11) is 0. The first-order valence-electron chi connectivity index (χ1n) is 20.8. The Bertz CT molecular complexity index is 2240. The number of imidazole rings is 1. The van der Waals surface area contributed by atoms with E-state index in [-0.39, 0.29) is 24.7 Å². The number of benzene rings is 2. The Morgan fingerprint density at radius 1 is 0.879 bits per heavy atom. The summed E-state index contributed by atoms with van der Waals surface area (Å²) in [6, 6.07) is 14.5. The van der Waals surface area contributed by atoms with Crippen molar-refractivity contribution in [2.24, 2.45) is 5.92 Å². The number of H-pyrrole nitrogens is 1. The zero-order valence-corrected chi connectivity index (χ0v) is 32.9. The highest BCUT2D eigenvalue weighted by Gasteiger charge is 2.46. The third kappa shape index (κ3) is 7.55. The molecule has 15 heteroatoms. The molecule has 15 nitrogen and oxygen atoms in total. The molecule has 5 aliphatic heterocycles. The highest BCUT2D eigenvalue weighted by atomic mass is 16.2. The second-order valence-corrected chi connectivity index (χ2v) is 16.4. The van der Waals surface area contributed by atoms with Gasteiger partial charge in [-0.2, -0.15) is 0 Å². The van der Waals surface area contributed by atoms with Crippen molar-refractivity contribution in [3.05, 3.63) is 77.2 Å². The molecule has 9 rings (SSSR count). The van der Waals surface area contributed by atoms with Crippen LogP contribution in [0.1, 0.15) is 88.8 Å². The van der Waals surface area contributed by atoms with E-state index in [1.807, 2.05) is 36.4 Å². The number of rotatable bonds is 10. The summed E-state index contributed by atoms with van der Waals surface area (Å²) in [5.41, 5.74) is 4.44. The Balaban J connectivity index is 0.723. The Kier molecular flexibility index (Phi) is 10.4. The Morgan fingerprint density at radius 3 is 2.45 bits per heavy atom. The average Bonchev–Trinajstić information content (AvgIpc) is 3.91. The van der Waals surface area contributed by atoms with E-state index in [9.17, 15) is 24.0 Å². The highest BCUT2D eigenvalue weighted by Crippen LogP contribution is 2.36. The van der Waals surface area contributed by atoms with Crippen LogP contribution in [-0.2, 0) is 16.1 Å². The molecule has 2 aromatic carbocycles. The molecular weight excluding hydrogens is 737 g/mol. The lowest BCUT2D eigenvalue weighted by Gasteiger charge is -2.38. The molecule has 2 aromatic heterocycles. The Labute approximate surface area is 337 Å². The maximum Gasteiger partial charge on any atom is 0.264 e. The number of piperidine rings is 2. The summed E-state index contributed by atoms with van der Waals surface area (Å²) in [4.78, 5) is 87.6. The SMILES string of the molecule is C[C@H]1CCCN1Cc1nc2ccc(NC(=O)c3ccc(N4CCN(CCC5CCN(c6cccc7c6C(=O)N(C6CCC(=O)NC6=O)C7=O)CC5)CC4)nc3)cc2[nH]1. The topological polar surface area (TPSA) is 167 Å². The Morgan fingerprint density at radius 2 is 1.71 bits per heavy atom. The predicted octanol–water partition coefficient (Wildman–Crippen LogP) is 4.02. The number of carbonyl (C=O) groups is 5. The number of aromatic amines is 1. The predicted molar refractivity (Wildman–Crippen MR) is 219 cm³/mol. The van der Waals surface area contributed by atoms with Crippen LogP contribution < -0.4 is 20.4 Å². The molecule has 3 N–H and O–H groups in total. The van der Waals surface area contributed by atoms with Crippen LogP contribution in [-0.4, -0.2) is 124 Å². The fraction of sp³-hybridized carbons (Fsp3) is 0.465. The van der Waals surface area contributed by atoms with Crippen LogP contribution in [0.25, 0.3) is 11.0 Å². The number of hydrogen-bond acceptors (Lipinski definition) is 11. The van der Waals surface area contributed by atoms with Crippen molar-refractivity contribution in [2.75, 3.05) is 67.5 Å². The van der Waals surface area contributed by atoms with Gasteiger partial charge in [-0.1, -0.05) is 6.07 Å². The van der Waals surface area contributed by atoms with Gasteiger partial charge >= 0.3 is 0 Å². The minimum Gasteiger partial charge on any atom is -0.371 e. The highest BCUT2D eigenvalue weighted by molar-refractivity contribution is 6.25. The standard InChI is InChI=1S/C43H50N10O5/c1-27-4-3-16-52(27)26-36-46-32-9-8-30(24-33(32)47-36)45-40(55)29-7-11-37(44-25-29)51-22-20-49(21-23-51)17-13-28-14-18-50(19-15-28)34-6-2-5-31-39(34)43(58)53(42(31)57)35-10-12-38(54)48-41(35)56/h2,5-9,11,24-25,27-28,35H,3-4,10,12-23,26H2,1H3,(H,45,55)(H,46,47)(H,48,54,56)/t27-,35?/m0/s1. The first kappa shape index (κ1) is 37.9. The molecule has 0 spiro atoms. The van der Waals surface area contributed by atoms with Crippen molar-refractivity contribution in [1.29, 1.82) is 0 Å². The third-order valence-corrected chi connectivity index (χ3v) is 12.8. The normalized spacial score (nSPS) is 22.3. The largest absolute Gasteiger partial charge is 0.371 e. The van der Waals surface area contributed by atoms with E-state index >= 15 is 0 Å². The summed E-state index contributed by atoms with van der Waals surface area (Å²) >= 11 is 0. The molecule has 0 saturated carbocycles. The average molecular weight is 787 g/mol. The number of hydrogen-bond donors (Lipinski definition) is 3. The number of carbonyl (C=O) groups excluding carboxylic acids is 5. The number of fused-ring (bicyclic) bond motifs is 2. The minimum atomic E-state index is -0.973. The Hall–Kier alpha value is -5.67. The summed E-state index contributed by atoms with van der Waals surface area (Å²) in [6.07, 6.45) is 7.41. The maximum absolute atomic E-state index is 13.6. The summed E-state index contributed by atoms with van der Waals surface area (Å²) in [5.74, 6) is 0.259. The van der Waals surface area contributed by atoms with Crippen molar-refractivity contribution in [1.82, 2.24) is 35.0 Å². The number of nitrogens with zero attached hydrogens (tertiary/aromatic N) is 7. The van der Waals surface area contributed by atoms with Gasteiger partial charge in [0.15, 0.2) is 0 Å². The molecule has 4 aromatic rings. The van der Waals surface area contributed by atoms with Crippen molar-refractivity contribution in [3.8, 4) is 0 Å². The molecule has 4 fully saturated rings. The number of piperazine rings is 1. The lowest BCUT2D eigenvalue weighted by molar-refractivity contribution is -0.136. The van der Waals surface area contributed by atoms with Crippen LogP contribution in [0.3, 0.4) is 0 Å². The second kappa shape index (κ2) is 15.9. The smallest absolute Gasteiger partial charge is 0.264 e. The van der Waals surface area contributed by atoms with Crippen LogP contribution in [0.5, 0.6) is 0 Å². The van der Waals surface area contributed by atoms with E-state index in [0.717, 1.165) is 111 Å². The summed E-state index contributed by atoms with van der Waals surface area (Å²) < 4.78 is 0. The summed E-state index contributed by atoms with van der Waals surface area (Å²) in [5, 5.41) is 5.28. The van der Waals surface area contributed by atoms with Crippen LogP contribution >= 0.6 is 0 Å². The van der Waals surface area contributed by atoms with Crippen molar-refractivity contribution in [3.63, 3.8) is 0 Å². The fourth-order valence-electron chi connectivity index (χ4n) is 9.33. The number of pyridine rings is 1. The van der Waals surface area contributed by atoms with Gasteiger partial charge in [-0.05, 0) is 107 Å². The van der Waals surface area contributed by atoms with Gasteiger partial charge in [0.25, 0.3) is 17.7 Å². The lowest BCUT2D eigenvalue weighted by atomic mass is 9.92. The van der Waals surface area contributed by atoms with Gasteiger partial charge in [-0.25, -0.2) is 9.97 Å². The van der Waals surface area contributed by atoms with E-state index in [2.05, 4.69) is 47.1 Å². The number of aromatic nitrogens is 3. The molecule has 2 atom stereocenters. The third-order valence-electron chi connectivity index (χ3n) is 12.8. The zero-order chi connectivity index (χ0) is 39.9. The van der Waals surface area contributed by atoms with Crippen LogP contribution in [0.15, 0.2) is 54.7 Å². The summed E-state index contributed by atoms with van der Waals surface area (Å²) in [6.45, 7) is 10.4. The van der Waals surface area contributed by atoms with Gasteiger partial charge in [0.05, 0.1) is 40.0 Å². The minimum absolute atomic E-state index is 0.0958. The van der Waals surface area contributed by atoms with Gasteiger partial charge in [0.2, 0.25) is 11.8 Å². The number of anilines is 3. The molecule has 0 aliphatic carbocycles. The zero-order valence-electron chi connectivity index (χ0n) is 32.9. The quantitative estimate of drug-likeness (QED) is 0.199. The van der Waals surface area contributed by atoms with Gasteiger partial charge in [0.1, 0.15) is 17.7 Å². The molecular formula is C43H50N10O5. The fourth-order valence-corrected chi connectivity index (χ4v) is 9.33. The number of imide groups is 2. The van der Waals surface area contributed by atoms with Gasteiger partial charge in [-0.15, -0.1) is 0 Å². The van der Waals surface area contributed by atoms with Crippen LogP contribution in [0.4, 0.5) is 17.2 Å². The number of nitrogens with one attached hydrogen (secondary N) is 3. The molecule has 58 heavy (non-hydrogen) atoms. The van der Waals surface area contributed by atoms with E-state index in [0.29, 0.717) is 34.3 Å². The van der Waals surface area contributed by atoms with Crippen molar-refractivity contribution >= 4 is 57.8 Å². The molecule has 4 saturated heterocycles. The number of amides is 5. The van der Waals surface area contributed by atoms with E-state index in [1.165, 1.54) is 12.8 Å². The number of likely N-dealkylation sites (tertiary alicyclic amines) is 1. The van der Waals surface area contributed by atoms with Crippen LogP contribution in [0, 0.1) is 5.92 Å². The monoisotopic (exact) mass is 786 g/mol. The first-order chi connectivity index (χ1) is 28.2. The van der Waals surface area contributed by atoms with Gasteiger partial charge < -0.3 is 20.1 Å². The van der Waals surface area contributed by atoms with Crippen molar-refractivity contribution in [2.45, 2.75) is 70.5 Å². The van der Waals surface area contributed by atoms with E-state index in [1.54, 1.807) is 18.3 Å². The first-order valence-corrected chi connectivity index (χ1v) is 20.8. The molecule has 302 valence electrons. The van der Waals surface area contributed by atoms with Gasteiger partial charge in [0, 0.05) is 63.6 Å². The molecule has 5 amide bonds. The second-order valence-electron chi connectivity index (χ2n) is 16.4. The maximum atomic E-state index is 13.6. The molecule has 7 heterocycles. The van der Waals surface area contributed by atoms with E-state index in [4.69, 9.17) is 4.98 Å². The van der Waals surface area contributed by atoms with E-state index < -0.39 is 23.8 Å². The van der Waals surface area contributed by atoms with Crippen LogP contribution in [0.2, 0.25) is 0 Å². The molecule has 5 aliphatic rings.